The van der Waals surface area contributed by atoms with Gasteiger partial charge in [0.25, 0.3) is 0 Å². The Morgan fingerprint density at radius 2 is 1.46 bits per heavy atom. The maximum absolute atomic E-state index is 5.08. The van der Waals surface area contributed by atoms with Gasteiger partial charge in [-0.2, -0.15) is 0 Å². The first-order valence-corrected chi connectivity index (χ1v) is 13.5. The van der Waals surface area contributed by atoms with Crippen LogP contribution in [0.25, 0.3) is 31.9 Å². The summed E-state index contributed by atoms with van der Waals surface area (Å²) in [6.07, 6.45) is 5.69. The second-order valence-corrected chi connectivity index (χ2v) is 12.6. The van der Waals surface area contributed by atoms with E-state index in [1.165, 1.54) is 11.1 Å². The van der Waals surface area contributed by atoms with Gasteiger partial charge in [0.05, 0.1) is 15.9 Å². The molecule has 0 aliphatic rings. The number of hydrogen-bond donors (Lipinski definition) is 0. The van der Waals surface area contributed by atoms with E-state index >= 15 is 0 Å². The molecular weight excluding hydrogens is 470 g/mol. The molecule has 5 rings (SSSR count). The van der Waals surface area contributed by atoms with Gasteiger partial charge < -0.3 is 0 Å². The van der Waals surface area contributed by atoms with E-state index in [1.807, 2.05) is 24.5 Å². The smallest absolute Gasteiger partial charge is 0.126 e. The molecule has 0 aliphatic carbocycles. The van der Waals surface area contributed by atoms with Gasteiger partial charge >= 0.3 is 0 Å². The van der Waals surface area contributed by atoms with Crippen LogP contribution in [0, 0.1) is 0 Å². The van der Waals surface area contributed by atoms with Gasteiger partial charge in [0.1, 0.15) is 5.01 Å². The van der Waals surface area contributed by atoms with Crippen LogP contribution in [-0.4, -0.2) is 16.2 Å². The van der Waals surface area contributed by atoms with Crippen molar-refractivity contribution in [1.29, 1.82) is 0 Å². The maximum Gasteiger partial charge on any atom is 0.126 e. The Kier molecular flexibility index (Phi) is 6.55. The van der Waals surface area contributed by atoms with Crippen molar-refractivity contribution < 1.29 is 0 Å². The quantitative estimate of drug-likeness (QED) is 0.229. The zero-order valence-electron chi connectivity index (χ0n) is 22.4. The van der Waals surface area contributed by atoms with Crippen molar-refractivity contribution in [3.05, 3.63) is 102 Å². The summed E-state index contributed by atoms with van der Waals surface area (Å²) in [5, 5.41) is 0.970. The van der Waals surface area contributed by atoms with Crippen LogP contribution in [0.5, 0.6) is 0 Å². The Hall–Kier alpha value is -3.63. The minimum atomic E-state index is 0.0642. The number of fused-ring (bicyclic) bond motifs is 1. The van der Waals surface area contributed by atoms with Gasteiger partial charge in [-0.05, 0) is 63.9 Å². The van der Waals surface area contributed by atoms with Crippen molar-refractivity contribution in [1.82, 2.24) is 9.97 Å². The van der Waals surface area contributed by atoms with Crippen LogP contribution >= 0.6 is 11.3 Å². The third-order valence-corrected chi connectivity index (χ3v) is 7.62. The van der Waals surface area contributed by atoms with Crippen LogP contribution in [0.2, 0.25) is 0 Å². The summed E-state index contributed by atoms with van der Waals surface area (Å²) in [4.78, 5) is 14.4. The summed E-state index contributed by atoms with van der Waals surface area (Å²) in [5.41, 5.74) is 9.03. The first-order valence-electron chi connectivity index (χ1n) is 12.7. The standard InChI is InChI=1S/C33H33N3S/c1-32(2,3)24-17-22(18-25(19-24)33(4,5)6)20-35-28-14-8-7-12-27(28)31-36-30-26(13-9-15-29(30)37-31)23-11-10-16-34-21-23/h7-21H,1-6H3. The molecule has 2 heterocycles. The van der Waals surface area contributed by atoms with Crippen molar-refractivity contribution in [3.63, 3.8) is 0 Å². The molecule has 37 heavy (non-hydrogen) atoms. The highest BCUT2D eigenvalue weighted by Crippen LogP contribution is 2.39. The number of pyridine rings is 1. The van der Waals surface area contributed by atoms with E-state index in [0.29, 0.717) is 0 Å². The molecule has 0 bridgehead atoms. The van der Waals surface area contributed by atoms with Crippen LogP contribution in [0.3, 0.4) is 0 Å². The number of nitrogens with zero attached hydrogens (tertiary/aromatic N) is 3. The van der Waals surface area contributed by atoms with Gasteiger partial charge in [-0.15, -0.1) is 11.3 Å². The summed E-state index contributed by atoms with van der Waals surface area (Å²) in [6, 6.07) is 25.5. The van der Waals surface area contributed by atoms with E-state index in [9.17, 15) is 0 Å². The molecule has 3 aromatic carbocycles. The van der Waals surface area contributed by atoms with Crippen LogP contribution < -0.4 is 0 Å². The zero-order chi connectivity index (χ0) is 26.2. The van der Waals surface area contributed by atoms with E-state index in [-0.39, 0.29) is 10.8 Å². The van der Waals surface area contributed by atoms with Crippen molar-refractivity contribution in [2.24, 2.45) is 4.99 Å². The second kappa shape index (κ2) is 9.68. The van der Waals surface area contributed by atoms with Crippen molar-refractivity contribution in [2.45, 2.75) is 52.4 Å². The number of benzene rings is 3. The van der Waals surface area contributed by atoms with Crippen LogP contribution in [0.15, 0.2) is 90.2 Å². The Labute approximate surface area is 224 Å². The largest absolute Gasteiger partial charge is 0.264 e. The lowest BCUT2D eigenvalue weighted by atomic mass is 9.79. The monoisotopic (exact) mass is 503 g/mol. The van der Waals surface area contributed by atoms with E-state index in [0.717, 1.165) is 43.2 Å². The molecule has 3 nitrogen and oxygen atoms in total. The number of rotatable bonds is 4. The first-order chi connectivity index (χ1) is 17.6. The average molecular weight is 504 g/mol. The highest BCUT2D eigenvalue weighted by atomic mass is 32.1. The van der Waals surface area contributed by atoms with E-state index in [2.05, 4.69) is 107 Å². The Balaban J connectivity index is 1.56. The number of aromatic nitrogens is 2. The highest BCUT2D eigenvalue weighted by Gasteiger charge is 2.20. The molecule has 186 valence electrons. The fourth-order valence-corrected chi connectivity index (χ4v) is 5.35. The predicted molar refractivity (Wildman–Crippen MR) is 159 cm³/mol. The van der Waals surface area contributed by atoms with Crippen LogP contribution in [0.4, 0.5) is 5.69 Å². The predicted octanol–water partition coefficient (Wildman–Crippen LogP) is 9.37. The second-order valence-electron chi connectivity index (χ2n) is 11.5. The molecule has 0 aliphatic heterocycles. The zero-order valence-corrected chi connectivity index (χ0v) is 23.2. The molecule has 0 atom stereocenters. The van der Waals surface area contributed by atoms with Crippen LogP contribution in [-0.2, 0) is 10.8 Å². The Morgan fingerprint density at radius 1 is 0.757 bits per heavy atom. The number of para-hydroxylation sites is 2. The molecule has 0 radical (unpaired) electrons. The Morgan fingerprint density at radius 3 is 2.14 bits per heavy atom. The summed E-state index contributed by atoms with van der Waals surface area (Å²) in [5.74, 6) is 0. The van der Waals surface area contributed by atoms with Gasteiger partial charge in [0.2, 0.25) is 0 Å². The van der Waals surface area contributed by atoms with Gasteiger partial charge in [0, 0.05) is 35.3 Å². The molecule has 2 aromatic heterocycles. The molecule has 0 fully saturated rings. The molecule has 0 saturated carbocycles. The van der Waals surface area contributed by atoms with Crippen molar-refractivity contribution in [3.8, 4) is 21.7 Å². The molecule has 0 spiro atoms. The summed E-state index contributed by atoms with van der Waals surface area (Å²) < 4.78 is 1.16. The maximum atomic E-state index is 5.08. The fourth-order valence-electron chi connectivity index (χ4n) is 4.32. The normalized spacial score (nSPS) is 12.5. The minimum Gasteiger partial charge on any atom is -0.264 e. The first kappa shape index (κ1) is 25.0. The molecule has 0 saturated heterocycles. The number of aliphatic imine (C=N–C) groups is 1. The fraction of sp³-hybridized carbons (Fsp3) is 0.242. The molecule has 0 unspecified atom stereocenters. The average Bonchev–Trinajstić information content (AvgIpc) is 3.31. The lowest BCUT2D eigenvalue weighted by Gasteiger charge is -2.25. The van der Waals surface area contributed by atoms with E-state index < -0.39 is 0 Å². The summed E-state index contributed by atoms with van der Waals surface area (Å²) >= 11 is 1.70. The Bertz CT molecular complexity index is 1550. The third-order valence-electron chi connectivity index (χ3n) is 6.57. The molecule has 0 amide bonds. The van der Waals surface area contributed by atoms with Crippen molar-refractivity contribution in [2.75, 3.05) is 0 Å². The van der Waals surface area contributed by atoms with Gasteiger partial charge in [-0.3, -0.25) is 9.98 Å². The van der Waals surface area contributed by atoms with Gasteiger partial charge in [0.15, 0.2) is 0 Å². The van der Waals surface area contributed by atoms with Crippen LogP contribution in [0.1, 0.15) is 58.2 Å². The molecule has 4 heteroatoms. The summed E-state index contributed by atoms with van der Waals surface area (Å²) in [6.45, 7) is 13.6. The lowest BCUT2D eigenvalue weighted by Crippen LogP contribution is -2.17. The van der Waals surface area contributed by atoms with Crippen molar-refractivity contribution >= 4 is 33.5 Å². The summed E-state index contributed by atoms with van der Waals surface area (Å²) in [7, 11) is 0. The molecule has 5 aromatic rings. The van der Waals surface area contributed by atoms with E-state index in [4.69, 9.17) is 9.98 Å². The highest BCUT2D eigenvalue weighted by molar-refractivity contribution is 7.21. The minimum absolute atomic E-state index is 0.0642. The van der Waals surface area contributed by atoms with Gasteiger partial charge in [-0.25, -0.2) is 4.98 Å². The topological polar surface area (TPSA) is 38.1 Å². The van der Waals surface area contributed by atoms with Gasteiger partial charge in [-0.1, -0.05) is 77.9 Å². The molecular formula is C33H33N3S. The lowest BCUT2D eigenvalue weighted by molar-refractivity contribution is 0.568. The van der Waals surface area contributed by atoms with E-state index in [1.54, 1.807) is 17.5 Å². The number of thiazole rings is 1. The molecule has 0 N–H and O–H groups in total. The number of hydrogen-bond acceptors (Lipinski definition) is 4. The SMILES string of the molecule is CC(C)(C)c1cc(C=Nc2ccccc2-c2nc3c(-c4cccnc4)cccc3s2)cc(C(C)(C)C)c1. The third kappa shape index (κ3) is 5.40.